The molecule has 0 bridgehead atoms. The number of rotatable bonds is 5. The fourth-order valence-corrected chi connectivity index (χ4v) is 5.57. The maximum absolute atomic E-state index is 13.6. The Morgan fingerprint density at radius 2 is 1.91 bits per heavy atom. The Morgan fingerprint density at radius 3 is 2.65 bits per heavy atom. The minimum atomic E-state index is -0.546. The molecule has 178 valence electrons. The SMILES string of the molecule is Cc1[nH]c(/C=C2\C(=O)Nc3ccc(C(N)=O)cc32)c(C)c1C(=O)N1CCC[C@@H]1CN1CCCC1. The number of benzene rings is 1. The topological polar surface area (TPSA) is 112 Å². The third kappa shape index (κ3) is 3.92. The molecule has 2 fully saturated rings. The summed E-state index contributed by atoms with van der Waals surface area (Å²) in [6.07, 6.45) is 6.32. The van der Waals surface area contributed by atoms with Crippen molar-refractivity contribution in [2.75, 3.05) is 31.5 Å². The van der Waals surface area contributed by atoms with Crippen molar-refractivity contribution in [3.05, 3.63) is 51.8 Å². The number of primary amides is 1. The molecule has 1 aromatic carbocycles. The minimum absolute atomic E-state index is 0.0601. The van der Waals surface area contributed by atoms with Gasteiger partial charge in [0.1, 0.15) is 0 Å². The Bertz CT molecular complexity index is 1210. The van der Waals surface area contributed by atoms with Gasteiger partial charge in [-0.2, -0.15) is 0 Å². The summed E-state index contributed by atoms with van der Waals surface area (Å²) >= 11 is 0. The third-order valence-corrected chi connectivity index (χ3v) is 7.37. The highest BCUT2D eigenvalue weighted by atomic mass is 16.2. The van der Waals surface area contributed by atoms with Crippen LogP contribution in [0.25, 0.3) is 11.6 Å². The highest BCUT2D eigenvalue weighted by molar-refractivity contribution is 6.35. The van der Waals surface area contributed by atoms with E-state index < -0.39 is 5.91 Å². The van der Waals surface area contributed by atoms with Gasteiger partial charge in [-0.15, -0.1) is 0 Å². The van der Waals surface area contributed by atoms with Gasteiger partial charge in [0, 0.05) is 47.3 Å². The van der Waals surface area contributed by atoms with Crippen molar-refractivity contribution in [1.29, 1.82) is 0 Å². The molecule has 0 spiro atoms. The summed E-state index contributed by atoms with van der Waals surface area (Å²) in [5.74, 6) is -0.735. The predicted molar refractivity (Wildman–Crippen MR) is 131 cm³/mol. The number of aromatic amines is 1. The Kier molecular flexibility index (Phi) is 5.77. The van der Waals surface area contributed by atoms with Gasteiger partial charge in [0.15, 0.2) is 0 Å². The number of nitrogens with zero attached hydrogens (tertiary/aromatic N) is 2. The fourth-order valence-electron chi connectivity index (χ4n) is 5.57. The molecule has 4 heterocycles. The van der Waals surface area contributed by atoms with E-state index in [1.807, 2.05) is 18.7 Å². The second kappa shape index (κ2) is 8.76. The molecule has 0 unspecified atom stereocenters. The van der Waals surface area contributed by atoms with Crippen LogP contribution in [0.1, 0.15) is 68.9 Å². The first-order valence-corrected chi connectivity index (χ1v) is 12.0. The smallest absolute Gasteiger partial charge is 0.256 e. The normalized spacial score (nSPS) is 21.4. The molecule has 2 aromatic rings. The first-order chi connectivity index (χ1) is 16.3. The van der Waals surface area contributed by atoms with E-state index in [1.54, 1.807) is 24.3 Å². The van der Waals surface area contributed by atoms with Gasteiger partial charge < -0.3 is 25.8 Å². The maximum atomic E-state index is 13.6. The minimum Gasteiger partial charge on any atom is -0.366 e. The first-order valence-electron chi connectivity index (χ1n) is 12.0. The number of nitrogens with one attached hydrogen (secondary N) is 2. The fraction of sp³-hybridized carbons (Fsp3) is 0.423. The number of likely N-dealkylation sites (tertiary alicyclic amines) is 2. The van der Waals surface area contributed by atoms with Gasteiger partial charge in [-0.05, 0) is 82.5 Å². The molecule has 5 rings (SSSR count). The molecule has 34 heavy (non-hydrogen) atoms. The quantitative estimate of drug-likeness (QED) is 0.595. The van der Waals surface area contributed by atoms with Crippen molar-refractivity contribution in [1.82, 2.24) is 14.8 Å². The lowest BCUT2D eigenvalue weighted by Gasteiger charge is -2.28. The van der Waals surface area contributed by atoms with Gasteiger partial charge in [0.05, 0.1) is 11.1 Å². The van der Waals surface area contributed by atoms with Crippen LogP contribution in [0, 0.1) is 13.8 Å². The molecule has 1 atom stereocenters. The Hall–Kier alpha value is -3.39. The molecule has 1 aromatic heterocycles. The number of fused-ring (bicyclic) bond motifs is 1. The van der Waals surface area contributed by atoms with Crippen molar-refractivity contribution in [3.8, 4) is 0 Å². The van der Waals surface area contributed by atoms with Gasteiger partial charge in [-0.3, -0.25) is 14.4 Å². The maximum Gasteiger partial charge on any atom is 0.256 e. The summed E-state index contributed by atoms with van der Waals surface area (Å²) in [5.41, 5.74) is 10.5. The lowest BCUT2D eigenvalue weighted by molar-refractivity contribution is -0.110. The number of amides is 3. The average Bonchev–Trinajstić information content (AvgIpc) is 3.58. The highest BCUT2D eigenvalue weighted by Gasteiger charge is 2.34. The summed E-state index contributed by atoms with van der Waals surface area (Å²) in [6.45, 7) is 7.80. The van der Waals surface area contributed by atoms with E-state index in [4.69, 9.17) is 5.73 Å². The van der Waals surface area contributed by atoms with E-state index in [2.05, 4.69) is 15.2 Å². The highest BCUT2D eigenvalue weighted by Crippen LogP contribution is 2.35. The summed E-state index contributed by atoms with van der Waals surface area (Å²) in [6, 6.07) is 5.16. The summed E-state index contributed by atoms with van der Waals surface area (Å²) in [4.78, 5) is 45.8. The van der Waals surface area contributed by atoms with Crippen LogP contribution in [-0.4, -0.2) is 64.7 Å². The zero-order valence-corrected chi connectivity index (χ0v) is 19.7. The number of aryl methyl sites for hydroxylation is 1. The number of nitrogens with two attached hydrogens (primary N) is 1. The first kappa shape index (κ1) is 22.4. The number of hydrogen-bond acceptors (Lipinski definition) is 4. The van der Waals surface area contributed by atoms with Crippen molar-refractivity contribution < 1.29 is 14.4 Å². The second-order valence-corrected chi connectivity index (χ2v) is 9.60. The molecule has 0 aliphatic carbocycles. The number of hydrogen-bond donors (Lipinski definition) is 3. The van der Waals surface area contributed by atoms with Gasteiger partial charge in [0.2, 0.25) is 5.91 Å². The monoisotopic (exact) mass is 461 g/mol. The number of carbonyl (C=O) groups is 3. The molecule has 2 saturated heterocycles. The molecule has 3 amide bonds. The van der Waals surface area contributed by atoms with Crippen LogP contribution >= 0.6 is 0 Å². The van der Waals surface area contributed by atoms with E-state index in [-0.39, 0.29) is 17.9 Å². The number of H-pyrrole nitrogens is 1. The van der Waals surface area contributed by atoms with Gasteiger partial charge in [-0.25, -0.2) is 0 Å². The van der Waals surface area contributed by atoms with Crippen LogP contribution in [-0.2, 0) is 4.79 Å². The van der Waals surface area contributed by atoms with Gasteiger partial charge >= 0.3 is 0 Å². The van der Waals surface area contributed by atoms with Crippen LogP contribution in [0.15, 0.2) is 18.2 Å². The molecule has 0 radical (unpaired) electrons. The van der Waals surface area contributed by atoms with E-state index in [9.17, 15) is 14.4 Å². The van der Waals surface area contributed by atoms with E-state index in [0.29, 0.717) is 28.0 Å². The van der Waals surface area contributed by atoms with Gasteiger partial charge in [0.25, 0.3) is 11.8 Å². The molecule has 4 N–H and O–H groups in total. The second-order valence-electron chi connectivity index (χ2n) is 9.60. The largest absolute Gasteiger partial charge is 0.366 e. The zero-order valence-electron chi connectivity index (χ0n) is 19.7. The van der Waals surface area contributed by atoms with Crippen LogP contribution < -0.4 is 11.1 Å². The zero-order chi connectivity index (χ0) is 24.0. The number of anilines is 1. The predicted octanol–water partition coefficient (Wildman–Crippen LogP) is 2.92. The molecule has 0 saturated carbocycles. The summed E-state index contributed by atoms with van der Waals surface area (Å²) < 4.78 is 0. The van der Waals surface area contributed by atoms with Crippen LogP contribution in [0.2, 0.25) is 0 Å². The Labute approximate surface area is 199 Å². The summed E-state index contributed by atoms with van der Waals surface area (Å²) in [5, 5.41) is 2.83. The van der Waals surface area contributed by atoms with Crippen molar-refractivity contribution in [2.24, 2.45) is 5.73 Å². The molecule has 8 nitrogen and oxygen atoms in total. The standard InChI is InChI=1S/C26H31N5O3/c1-15-22(13-20-19-12-17(24(27)32)7-8-21(19)29-25(20)33)28-16(2)23(15)26(34)31-11-5-6-18(31)14-30-9-3-4-10-30/h7-8,12-13,18,28H,3-6,9-11,14H2,1-2H3,(H2,27,32)(H,29,33)/b20-13-/t18-/m1/s1. The molecular formula is C26H31N5O3. The van der Waals surface area contributed by atoms with E-state index in [1.165, 1.54) is 12.8 Å². The van der Waals surface area contributed by atoms with Crippen LogP contribution in [0.5, 0.6) is 0 Å². The number of carbonyl (C=O) groups excluding carboxylic acids is 3. The van der Waals surface area contributed by atoms with Gasteiger partial charge in [-0.1, -0.05) is 0 Å². The van der Waals surface area contributed by atoms with Crippen LogP contribution in [0.4, 0.5) is 5.69 Å². The molecule has 3 aliphatic heterocycles. The van der Waals surface area contributed by atoms with Crippen molar-refractivity contribution >= 4 is 35.1 Å². The van der Waals surface area contributed by atoms with E-state index in [0.717, 1.165) is 56.0 Å². The summed E-state index contributed by atoms with van der Waals surface area (Å²) in [7, 11) is 0. The Morgan fingerprint density at radius 1 is 1.15 bits per heavy atom. The third-order valence-electron chi connectivity index (χ3n) is 7.37. The van der Waals surface area contributed by atoms with Crippen molar-refractivity contribution in [2.45, 2.75) is 45.6 Å². The lowest BCUT2D eigenvalue weighted by Crippen LogP contribution is -2.42. The number of aromatic nitrogens is 1. The van der Waals surface area contributed by atoms with Crippen molar-refractivity contribution in [3.63, 3.8) is 0 Å². The molecular weight excluding hydrogens is 430 g/mol. The van der Waals surface area contributed by atoms with Crippen LogP contribution in [0.3, 0.4) is 0 Å². The Balaban J connectivity index is 1.44. The molecule has 3 aliphatic rings. The lowest BCUT2D eigenvalue weighted by atomic mass is 10.0. The van der Waals surface area contributed by atoms with E-state index >= 15 is 0 Å². The molecule has 8 heteroatoms. The average molecular weight is 462 g/mol.